The highest BCUT2D eigenvalue weighted by Crippen LogP contribution is 2.22. The number of carbonyl (C=O) groups excluding carboxylic acids is 1. The number of hydrogen-bond acceptors (Lipinski definition) is 2. The molecule has 0 unspecified atom stereocenters. The molecular formula is C13H21N3O. The topological polar surface area (TPSA) is 84.9 Å². The molecule has 4 heteroatoms. The third kappa shape index (κ3) is 3.20. The van der Waals surface area contributed by atoms with Crippen LogP contribution in [0.2, 0.25) is 0 Å². The molecule has 17 heavy (non-hydrogen) atoms. The van der Waals surface area contributed by atoms with Gasteiger partial charge in [-0.15, -0.1) is 0 Å². The van der Waals surface area contributed by atoms with Gasteiger partial charge in [0.05, 0.1) is 6.42 Å². The van der Waals surface area contributed by atoms with Gasteiger partial charge in [-0.25, -0.2) is 0 Å². The number of primary amides is 1. The second-order valence-electron chi connectivity index (χ2n) is 3.96. The molecule has 1 aromatic heterocycles. The first-order valence-electron chi connectivity index (χ1n) is 6.01. The zero-order chi connectivity index (χ0) is 12.8. The van der Waals surface area contributed by atoms with Gasteiger partial charge >= 0.3 is 0 Å². The van der Waals surface area contributed by atoms with Gasteiger partial charge in [-0.05, 0) is 30.0 Å². The highest BCUT2D eigenvalue weighted by molar-refractivity contribution is 5.77. The number of amides is 1. The van der Waals surface area contributed by atoms with E-state index in [1.165, 1.54) is 11.1 Å². The molecule has 4 nitrogen and oxygen atoms in total. The predicted molar refractivity (Wildman–Crippen MR) is 70.5 cm³/mol. The lowest BCUT2D eigenvalue weighted by Crippen LogP contribution is -2.14. The molecule has 0 saturated heterocycles. The number of aromatic amines is 1. The summed E-state index contributed by atoms with van der Waals surface area (Å²) < 4.78 is 0. The van der Waals surface area contributed by atoms with Crippen LogP contribution < -0.4 is 11.5 Å². The van der Waals surface area contributed by atoms with Crippen molar-refractivity contribution in [2.24, 2.45) is 11.5 Å². The SMILES string of the molecule is CCc1c(/C=C\CN)[nH]c(CC(N)=O)c1CC. The minimum absolute atomic E-state index is 0.270. The second kappa shape index (κ2) is 6.25. The Bertz CT molecular complexity index is 419. The molecule has 0 aliphatic heterocycles. The van der Waals surface area contributed by atoms with Crippen LogP contribution >= 0.6 is 0 Å². The number of rotatable bonds is 6. The van der Waals surface area contributed by atoms with Crippen molar-refractivity contribution in [3.05, 3.63) is 28.6 Å². The van der Waals surface area contributed by atoms with E-state index in [0.29, 0.717) is 6.54 Å². The van der Waals surface area contributed by atoms with Crippen molar-refractivity contribution in [3.8, 4) is 0 Å². The second-order valence-corrected chi connectivity index (χ2v) is 3.96. The number of nitrogens with two attached hydrogens (primary N) is 2. The first kappa shape index (κ1) is 13.5. The van der Waals surface area contributed by atoms with Crippen molar-refractivity contribution in [2.45, 2.75) is 33.1 Å². The summed E-state index contributed by atoms with van der Waals surface area (Å²) in [7, 11) is 0. The molecule has 1 rings (SSSR count). The highest BCUT2D eigenvalue weighted by atomic mass is 16.1. The molecule has 1 heterocycles. The van der Waals surface area contributed by atoms with Gasteiger partial charge < -0.3 is 16.5 Å². The summed E-state index contributed by atoms with van der Waals surface area (Å²) in [5.74, 6) is -0.307. The quantitative estimate of drug-likeness (QED) is 0.690. The Morgan fingerprint density at radius 1 is 1.29 bits per heavy atom. The summed E-state index contributed by atoms with van der Waals surface area (Å²) in [6, 6.07) is 0. The largest absolute Gasteiger partial charge is 0.369 e. The van der Waals surface area contributed by atoms with Gasteiger partial charge in [0.2, 0.25) is 5.91 Å². The van der Waals surface area contributed by atoms with E-state index < -0.39 is 0 Å². The predicted octanol–water partition coefficient (Wildman–Crippen LogP) is 1.14. The van der Waals surface area contributed by atoms with E-state index in [-0.39, 0.29) is 12.3 Å². The number of hydrogen-bond donors (Lipinski definition) is 3. The summed E-state index contributed by atoms with van der Waals surface area (Å²) in [5, 5.41) is 0. The summed E-state index contributed by atoms with van der Waals surface area (Å²) in [5.41, 5.74) is 15.2. The molecular weight excluding hydrogens is 214 g/mol. The smallest absolute Gasteiger partial charge is 0.223 e. The monoisotopic (exact) mass is 235 g/mol. The van der Waals surface area contributed by atoms with E-state index in [9.17, 15) is 4.79 Å². The number of H-pyrrole nitrogens is 1. The van der Waals surface area contributed by atoms with Crippen LogP contribution in [0.25, 0.3) is 6.08 Å². The molecule has 5 N–H and O–H groups in total. The maximum Gasteiger partial charge on any atom is 0.223 e. The normalized spacial score (nSPS) is 11.2. The van der Waals surface area contributed by atoms with Crippen LogP contribution in [0.4, 0.5) is 0 Å². The Morgan fingerprint density at radius 3 is 2.41 bits per heavy atom. The molecule has 1 aromatic rings. The standard InChI is InChI=1S/C13H21N3O/c1-3-9-10(4-2)12(8-13(15)17)16-11(9)6-5-7-14/h5-6,16H,3-4,7-8,14H2,1-2H3,(H2,15,17)/b6-5-. The van der Waals surface area contributed by atoms with Gasteiger partial charge in [-0.3, -0.25) is 4.79 Å². The fourth-order valence-electron chi connectivity index (χ4n) is 2.14. The van der Waals surface area contributed by atoms with E-state index in [1.807, 2.05) is 12.2 Å². The molecule has 0 aliphatic carbocycles. The summed E-state index contributed by atoms with van der Waals surface area (Å²) in [6.45, 7) is 4.70. The lowest BCUT2D eigenvalue weighted by Gasteiger charge is -2.01. The van der Waals surface area contributed by atoms with Crippen LogP contribution in [0.5, 0.6) is 0 Å². The third-order valence-electron chi connectivity index (χ3n) is 2.82. The van der Waals surface area contributed by atoms with Crippen molar-refractivity contribution < 1.29 is 4.79 Å². The Kier molecular flexibility index (Phi) is 4.97. The fourth-order valence-corrected chi connectivity index (χ4v) is 2.14. The lowest BCUT2D eigenvalue weighted by atomic mass is 10.0. The van der Waals surface area contributed by atoms with E-state index in [4.69, 9.17) is 11.5 Å². The van der Waals surface area contributed by atoms with E-state index in [2.05, 4.69) is 18.8 Å². The van der Waals surface area contributed by atoms with Gasteiger partial charge in [0, 0.05) is 17.9 Å². The summed E-state index contributed by atoms with van der Waals surface area (Å²) >= 11 is 0. The van der Waals surface area contributed by atoms with Crippen molar-refractivity contribution in [3.63, 3.8) is 0 Å². The molecule has 0 aromatic carbocycles. The van der Waals surface area contributed by atoms with Crippen molar-refractivity contribution >= 4 is 12.0 Å². The molecule has 94 valence electrons. The van der Waals surface area contributed by atoms with Crippen molar-refractivity contribution in [1.82, 2.24) is 4.98 Å². The number of carbonyl (C=O) groups is 1. The maximum atomic E-state index is 11.0. The van der Waals surface area contributed by atoms with Crippen LogP contribution in [0.3, 0.4) is 0 Å². The molecule has 1 amide bonds. The first-order chi connectivity index (χ1) is 8.13. The number of aromatic nitrogens is 1. The minimum Gasteiger partial charge on any atom is -0.369 e. The van der Waals surface area contributed by atoms with Crippen LogP contribution in [0.15, 0.2) is 6.08 Å². The molecule has 0 radical (unpaired) electrons. The van der Waals surface area contributed by atoms with Gasteiger partial charge in [0.15, 0.2) is 0 Å². The van der Waals surface area contributed by atoms with Crippen LogP contribution in [-0.2, 0) is 24.1 Å². The highest BCUT2D eigenvalue weighted by Gasteiger charge is 2.14. The van der Waals surface area contributed by atoms with Crippen molar-refractivity contribution in [1.29, 1.82) is 0 Å². The van der Waals surface area contributed by atoms with Crippen molar-refractivity contribution in [2.75, 3.05) is 6.54 Å². The first-order valence-corrected chi connectivity index (χ1v) is 6.01. The number of nitrogens with one attached hydrogen (secondary N) is 1. The summed E-state index contributed by atoms with van der Waals surface area (Å²) in [6.07, 6.45) is 5.98. The zero-order valence-corrected chi connectivity index (χ0v) is 10.5. The zero-order valence-electron chi connectivity index (χ0n) is 10.5. The molecule has 0 fully saturated rings. The molecule has 0 bridgehead atoms. The Hall–Kier alpha value is -1.55. The minimum atomic E-state index is -0.307. The fraction of sp³-hybridized carbons (Fsp3) is 0.462. The van der Waals surface area contributed by atoms with E-state index in [1.54, 1.807) is 0 Å². The Labute approximate surface area is 102 Å². The van der Waals surface area contributed by atoms with Crippen LogP contribution in [0.1, 0.15) is 36.4 Å². The third-order valence-corrected chi connectivity index (χ3v) is 2.82. The van der Waals surface area contributed by atoms with Gasteiger partial charge in [0.25, 0.3) is 0 Å². The molecule has 0 saturated carbocycles. The molecule has 0 spiro atoms. The van der Waals surface area contributed by atoms with Crippen LogP contribution in [0, 0.1) is 0 Å². The Balaban J connectivity index is 3.17. The summed E-state index contributed by atoms with van der Waals surface area (Å²) in [4.78, 5) is 14.3. The van der Waals surface area contributed by atoms with Gasteiger partial charge in [0.1, 0.15) is 0 Å². The van der Waals surface area contributed by atoms with E-state index >= 15 is 0 Å². The molecule has 0 atom stereocenters. The van der Waals surface area contributed by atoms with E-state index in [0.717, 1.165) is 24.2 Å². The lowest BCUT2D eigenvalue weighted by molar-refractivity contribution is -0.117. The van der Waals surface area contributed by atoms with Gasteiger partial charge in [-0.1, -0.05) is 19.9 Å². The average Bonchev–Trinajstić information content (AvgIpc) is 2.62. The van der Waals surface area contributed by atoms with Crippen LogP contribution in [-0.4, -0.2) is 17.4 Å². The average molecular weight is 235 g/mol. The molecule has 0 aliphatic rings. The van der Waals surface area contributed by atoms with Gasteiger partial charge in [-0.2, -0.15) is 0 Å². The Morgan fingerprint density at radius 2 is 1.94 bits per heavy atom. The maximum absolute atomic E-state index is 11.0.